The lowest BCUT2D eigenvalue weighted by Gasteiger charge is -2.16. The summed E-state index contributed by atoms with van der Waals surface area (Å²) >= 11 is 0. The van der Waals surface area contributed by atoms with Crippen molar-refractivity contribution in [2.45, 2.75) is 6.04 Å². The van der Waals surface area contributed by atoms with E-state index in [0.717, 1.165) is 5.01 Å². The predicted molar refractivity (Wildman–Crippen MR) is 50.3 cm³/mol. The summed E-state index contributed by atoms with van der Waals surface area (Å²) in [6, 6.07) is 4.58. The fourth-order valence-electron chi connectivity index (χ4n) is 1.03. The van der Waals surface area contributed by atoms with Crippen LogP contribution in [-0.2, 0) is 4.79 Å². The van der Waals surface area contributed by atoms with Crippen molar-refractivity contribution in [2.75, 3.05) is 7.05 Å². The van der Waals surface area contributed by atoms with E-state index in [9.17, 15) is 9.18 Å². The predicted octanol–water partition coefficient (Wildman–Crippen LogP) is 0.158. The topological polar surface area (TPSA) is 72.3 Å². The molecule has 0 heterocycles. The molecule has 0 saturated heterocycles. The Morgan fingerprint density at radius 3 is 2.36 bits per heavy atom. The lowest BCUT2D eigenvalue weighted by Crippen LogP contribution is -2.40. The highest BCUT2D eigenvalue weighted by Gasteiger charge is 2.17. The minimum Gasteiger partial charge on any atom is -0.316 e. The molecule has 0 bridgehead atoms. The molecular formula is C9H12FN3O. The molecule has 1 unspecified atom stereocenters. The van der Waals surface area contributed by atoms with Crippen molar-refractivity contribution in [1.82, 2.24) is 5.01 Å². The monoisotopic (exact) mass is 197 g/mol. The second kappa shape index (κ2) is 4.17. The van der Waals surface area contributed by atoms with Crippen molar-refractivity contribution >= 4 is 5.91 Å². The summed E-state index contributed by atoms with van der Waals surface area (Å²) in [5, 5.41) is 0.911. The highest BCUT2D eigenvalue weighted by molar-refractivity contribution is 5.82. The highest BCUT2D eigenvalue weighted by Crippen LogP contribution is 2.12. The molecule has 14 heavy (non-hydrogen) atoms. The quantitative estimate of drug-likeness (QED) is 0.403. The number of rotatable bonds is 2. The zero-order valence-electron chi connectivity index (χ0n) is 7.77. The van der Waals surface area contributed by atoms with Crippen molar-refractivity contribution in [3.8, 4) is 0 Å². The van der Waals surface area contributed by atoms with Crippen molar-refractivity contribution in [3.05, 3.63) is 35.6 Å². The Bertz CT molecular complexity index is 323. The molecule has 1 aromatic rings. The molecule has 0 aliphatic rings. The standard InChI is InChI=1S/C9H12FN3O/c1-13(12)9(14)8(11)6-2-4-7(10)5-3-6/h2-5,8H,11-12H2,1H3. The van der Waals surface area contributed by atoms with Crippen LogP contribution in [0.15, 0.2) is 24.3 Å². The van der Waals surface area contributed by atoms with E-state index in [1.807, 2.05) is 0 Å². The van der Waals surface area contributed by atoms with E-state index in [2.05, 4.69) is 0 Å². The van der Waals surface area contributed by atoms with Gasteiger partial charge in [-0.15, -0.1) is 0 Å². The lowest BCUT2D eigenvalue weighted by atomic mass is 10.1. The van der Waals surface area contributed by atoms with E-state index in [1.165, 1.54) is 31.3 Å². The van der Waals surface area contributed by atoms with Crippen LogP contribution in [0.4, 0.5) is 4.39 Å². The van der Waals surface area contributed by atoms with Gasteiger partial charge in [-0.1, -0.05) is 12.1 Å². The normalized spacial score (nSPS) is 12.3. The molecule has 5 heteroatoms. The van der Waals surface area contributed by atoms with Crippen LogP contribution in [0.1, 0.15) is 11.6 Å². The van der Waals surface area contributed by atoms with E-state index < -0.39 is 11.9 Å². The summed E-state index contributed by atoms with van der Waals surface area (Å²) in [5.74, 6) is 4.45. The molecule has 0 radical (unpaired) electrons. The van der Waals surface area contributed by atoms with Crippen molar-refractivity contribution in [1.29, 1.82) is 0 Å². The molecule has 0 aliphatic heterocycles. The molecular weight excluding hydrogens is 185 g/mol. The number of hydrogen-bond acceptors (Lipinski definition) is 3. The van der Waals surface area contributed by atoms with Gasteiger partial charge in [0.2, 0.25) is 0 Å². The number of nitrogens with two attached hydrogens (primary N) is 2. The first kappa shape index (κ1) is 10.6. The maximum atomic E-state index is 12.5. The summed E-state index contributed by atoms with van der Waals surface area (Å²) in [6.07, 6.45) is 0. The average molecular weight is 197 g/mol. The van der Waals surface area contributed by atoms with Crippen LogP contribution in [0.25, 0.3) is 0 Å². The molecule has 1 atom stereocenters. The van der Waals surface area contributed by atoms with Crippen molar-refractivity contribution in [2.24, 2.45) is 11.6 Å². The summed E-state index contributed by atoms with van der Waals surface area (Å²) in [6.45, 7) is 0. The summed E-state index contributed by atoms with van der Waals surface area (Å²) in [4.78, 5) is 11.3. The number of likely N-dealkylation sites (N-methyl/N-ethyl adjacent to an activating group) is 1. The Morgan fingerprint density at radius 1 is 1.43 bits per heavy atom. The Balaban J connectivity index is 2.84. The zero-order chi connectivity index (χ0) is 10.7. The van der Waals surface area contributed by atoms with Crippen molar-refractivity contribution < 1.29 is 9.18 Å². The number of halogens is 1. The molecule has 4 nitrogen and oxygen atoms in total. The van der Waals surface area contributed by atoms with Gasteiger partial charge >= 0.3 is 0 Å². The SMILES string of the molecule is CN(N)C(=O)C(N)c1ccc(F)cc1. The number of carbonyl (C=O) groups is 1. The van der Waals surface area contributed by atoms with Gasteiger partial charge in [0.15, 0.2) is 0 Å². The zero-order valence-corrected chi connectivity index (χ0v) is 7.77. The molecule has 0 aliphatic carbocycles. The van der Waals surface area contributed by atoms with E-state index >= 15 is 0 Å². The summed E-state index contributed by atoms with van der Waals surface area (Å²) < 4.78 is 12.5. The fourth-order valence-corrected chi connectivity index (χ4v) is 1.03. The van der Waals surface area contributed by atoms with Gasteiger partial charge in [0.25, 0.3) is 5.91 Å². The molecule has 0 spiro atoms. The summed E-state index contributed by atoms with van der Waals surface area (Å²) in [5.41, 5.74) is 6.13. The smallest absolute Gasteiger partial charge is 0.257 e. The van der Waals surface area contributed by atoms with Crippen molar-refractivity contribution in [3.63, 3.8) is 0 Å². The van der Waals surface area contributed by atoms with Gasteiger partial charge in [-0.2, -0.15) is 0 Å². The maximum Gasteiger partial charge on any atom is 0.257 e. The number of amides is 1. The third-order valence-electron chi connectivity index (χ3n) is 1.84. The first-order chi connectivity index (χ1) is 6.52. The van der Waals surface area contributed by atoms with Gasteiger partial charge in [-0.05, 0) is 17.7 Å². The second-order valence-electron chi connectivity index (χ2n) is 2.98. The average Bonchev–Trinajstić information content (AvgIpc) is 2.16. The molecule has 1 aromatic carbocycles. The molecule has 0 saturated carbocycles. The van der Waals surface area contributed by atoms with Crippen LogP contribution in [0.2, 0.25) is 0 Å². The maximum absolute atomic E-state index is 12.5. The van der Waals surface area contributed by atoms with E-state index in [0.29, 0.717) is 5.56 Å². The molecule has 0 fully saturated rings. The number of carbonyl (C=O) groups excluding carboxylic acids is 1. The Hall–Kier alpha value is -1.46. The number of benzene rings is 1. The molecule has 0 aromatic heterocycles. The van der Waals surface area contributed by atoms with Gasteiger partial charge in [0.1, 0.15) is 11.9 Å². The van der Waals surface area contributed by atoms with Crippen LogP contribution in [0.5, 0.6) is 0 Å². The van der Waals surface area contributed by atoms with Gasteiger partial charge in [0.05, 0.1) is 0 Å². The van der Waals surface area contributed by atoms with Gasteiger partial charge in [-0.25, -0.2) is 10.2 Å². The highest BCUT2D eigenvalue weighted by atomic mass is 19.1. The minimum absolute atomic E-state index is 0.366. The number of nitrogens with zero attached hydrogens (tertiary/aromatic N) is 1. The third kappa shape index (κ3) is 2.27. The van der Waals surface area contributed by atoms with Crippen LogP contribution in [0, 0.1) is 5.82 Å². The second-order valence-corrected chi connectivity index (χ2v) is 2.98. The lowest BCUT2D eigenvalue weighted by molar-refractivity contribution is -0.131. The van der Waals surface area contributed by atoms with Gasteiger partial charge in [0, 0.05) is 7.05 Å². The van der Waals surface area contributed by atoms with E-state index in [-0.39, 0.29) is 5.82 Å². The molecule has 1 rings (SSSR count). The largest absolute Gasteiger partial charge is 0.316 e. The summed E-state index contributed by atoms with van der Waals surface area (Å²) in [7, 11) is 1.41. The first-order valence-electron chi connectivity index (χ1n) is 4.05. The van der Waals surface area contributed by atoms with E-state index in [4.69, 9.17) is 11.6 Å². The van der Waals surface area contributed by atoms with Crippen LogP contribution >= 0.6 is 0 Å². The third-order valence-corrected chi connectivity index (χ3v) is 1.84. The minimum atomic E-state index is -0.842. The number of hydrazine groups is 1. The van der Waals surface area contributed by atoms with E-state index in [1.54, 1.807) is 0 Å². The molecule has 1 amide bonds. The van der Waals surface area contributed by atoms with Gasteiger partial charge in [-0.3, -0.25) is 9.80 Å². The number of hydrogen-bond donors (Lipinski definition) is 2. The van der Waals surface area contributed by atoms with Crippen LogP contribution in [-0.4, -0.2) is 18.0 Å². The fraction of sp³-hybridized carbons (Fsp3) is 0.222. The molecule has 76 valence electrons. The van der Waals surface area contributed by atoms with Crippen LogP contribution in [0.3, 0.4) is 0 Å². The van der Waals surface area contributed by atoms with Crippen LogP contribution < -0.4 is 11.6 Å². The first-order valence-corrected chi connectivity index (χ1v) is 4.05. The Kier molecular flexibility index (Phi) is 3.16. The van der Waals surface area contributed by atoms with Gasteiger partial charge < -0.3 is 5.73 Å². The Labute approximate surface area is 81.3 Å². The molecule has 4 N–H and O–H groups in total. The Morgan fingerprint density at radius 2 is 1.93 bits per heavy atom.